The molecule has 8 heteroatoms. The predicted molar refractivity (Wildman–Crippen MR) is 103 cm³/mol. The van der Waals surface area contributed by atoms with Gasteiger partial charge in [0.1, 0.15) is 17.4 Å². The maximum Gasteiger partial charge on any atom is 0.271 e. The van der Waals surface area contributed by atoms with Crippen LogP contribution in [-0.4, -0.2) is 49.3 Å². The molecule has 0 aliphatic carbocycles. The summed E-state index contributed by atoms with van der Waals surface area (Å²) in [6.45, 7) is 3.91. The van der Waals surface area contributed by atoms with Crippen molar-refractivity contribution in [2.45, 2.75) is 26.3 Å². The van der Waals surface area contributed by atoms with Crippen molar-refractivity contribution >= 4 is 27.7 Å². The normalized spacial score (nSPS) is 23.2. The first-order chi connectivity index (χ1) is 13.3. The van der Waals surface area contributed by atoms with Gasteiger partial charge in [0.05, 0.1) is 24.2 Å². The first-order valence-electron chi connectivity index (χ1n) is 8.91. The molecule has 7 nitrogen and oxygen atoms in total. The summed E-state index contributed by atoms with van der Waals surface area (Å²) in [6, 6.07) is 8.22. The summed E-state index contributed by atoms with van der Waals surface area (Å²) in [5, 5.41) is 9.45. The fourth-order valence-electron chi connectivity index (χ4n) is 3.44. The van der Waals surface area contributed by atoms with Crippen LogP contribution in [0.1, 0.15) is 25.8 Å². The Hall–Kier alpha value is -2.92. The topological polar surface area (TPSA) is 105 Å². The van der Waals surface area contributed by atoms with E-state index in [0.717, 1.165) is 4.90 Å². The lowest BCUT2D eigenvalue weighted by molar-refractivity contribution is -0.142. The zero-order valence-electron chi connectivity index (χ0n) is 15.6. The fourth-order valence-corrected chi connectivity index (χ4v) is 5.14. The lowest BCUT2D eigenvalue weighted by atomic mass is 9.92. The molecule has 1 atom stereocenters. The number of carbonyl (C=O) groups excluding carboxylic acids is 2. The Kier molecular flexibility index (Phi) is 5.38. The highest BCUT2D eigenvalue weighted by Gasteiger charge is 2.43. The summed E-state index contributed by atoms with van der Waals surface area (Å²) < 4.78 is 29.1. The quantitative estimate of drug-likeness (QED) is 0.564. The molecule has 2 heterocycles. The number of nitriles is 1. The third kappa shape index (κ3) is 3.71. The summed E-state index contributed by atoms with van der Waals surface area (Å²) >= 11 is 0. The van der Waals surface area contributed by atoms with E-state index in [2.05, 4.69) is 0 Å². The van der Waals surface area contributed by atoms with Crippen LogP contribution in [0.25, 0.3) is 6.08 Å². The Bertz CT molecular complexity index is 1050. The van der Waals surface area contributed by atoms with Gasteiger partial charge < -0.3 is 4.74 Å². The molecule has 1 aromatic carbocycles. The van der Waals surface area contributed by atoms with Gasteiger partial charge >= 0.3 is 0 Å². The third-order valence-electron chi connectivity index (χ3n) is 4.83. The SMILES string of the molecule is CCOc1cccc(C=C2C(=O)N(C3CCS(=O)(=O)C3)C(=O)C(C#N)=C2C)c1. The minimum Gasteiger partial charge on any atom is -0.494 e. The third-order valence-corrected chi connectivity index (χ3v) is 6.58. The summed E-state index contributed by atoms with van der Waals surface area (Å²) in [5.41, 5.74) is 1.03. The van der Waals surface area contributed by atoms with Gasteiger partial charge in [0, 0.05) is 5.57 Å². The van der Waals surface area contributed by atoms with Crippen LogP contribution < -0.4 is 4.74 Å². The molecule has 1 saturated heterocycles. The molecular formula is C20H20N2O5S. The molecule has 0 N–H and O–H groups in total. The van der Waals surface area contributed by atoms with Gasteiger partial charge in [-0.3, -0.25) is 14.5 Å². The molecule has 0 radical (unpaired) electrons. The predicted octanol–water partition coefficient (Wildman–Crippen LogP) is 1.86. The number of hydrogen-bond donors (Lipinski definition) is 0. The van der Waals surface area contributed by atoms with E-state index in [4.69, 9.17) is 4.74 Å². The van der Waals surface area contributed by atoms with Crippen LogP contribution in [0.4, 0.5) is 0 Å². The average molecular weight is 400 g/mol. The second-order valence-corrected chi connectivity index (χ2v) is 8.94. The minimum atomic E-state index is -3.30. The maximum absolute atomic E-state index is 13.1. The van der Waals surface area contributed by atoms with E-state index < -0.39 is 27.7 Å². The van der Waals surface area contributed by atoms with Crippen LogP contribution in [0.3, 0.4) is 0 Å². The van der Waals surface area contributed by atoms with Crippen LogP contribution in [0.5, 0.6) is 5.75 Å². The van der Waals surface area contributed by atoms with Crippen molar-refractivity contribution in [2.24, 2.45) is 0 Å². The van der Waals surface area contributed by atoms with Crippen molar-refractivity contribution in [3.8, 4) is 11.8 Å². The zero-order chi connectivity index (χ0) is 20.5. The minimum absolute atomic E-state index is 0.0746. The van der Waals surface area contributed by atoms with Gasteiger partial charge in [-0.2, -0.15) is 5.26 Å². The number of sulfone groups is 1. The number of carbonyl (C=O) groups is 2. The number of hydrogen-bond acceptors (Lipinski definition) is 6. The Labute approximate surface area is 163 Å². The fraction of sp³-hybridized carbons (Fsp3) is 0.350. The molecule has 0 aromatic heterocycles. The van der Waals surface area contributed by atoms with Gasteiger partial charge in [-0.05, 0) is 49.6 Å². The van der Waals surface area contributed by atoms with E-state index >= 15 is 0 Å². The number of imide groups is 1. The summed E-state index contributed by atoms with van der Waals surface area (Å²) in [7, 11) is -3.30. The van der Waals surface area contributed by atoms with Crippen LogP contribution in [-0.2, 0) is 19.4 Å². The summed E-state index contributed by atoms with van der Waals surface area (Å²) in [5.74, 6) is -1.01. The monoisotopic (exact) mass is 400 g/mol. The van der Waals surface area contributed by atoms with Gasteiger partial charge in [-0.25, -0.2) is 8.42 Å². The van der Waals surface area contributed by atoms with E-state index in [0.29, 0.717) is 17.9 Å². The van der Waals surface area contributed by atoms with Gasteiger partial charge in [0.25, 0.3) is 11.8 Å². The molecule has 146 valence electrons. The van der Waals surface area contributed by atoms with Crippen LogP contribution in [0.2, 0.25) is 0 Å². The van der Waals surface area contributed by atoms with Crippen molar-refractivity contribution < 1.29 is 22.7 Å². The molecule has 1 unspecified atom stereocenters. The second kappa shape index (κ2) is 7.60. The largest absolute Gasteiger partial charge is 0.494 e. The van der Waals surface area contributed by atoms with Gasteiger partial charge in [0.15, 0.2) is 9.84 Å². The molecular weight excluding hydrogens is 380 g/mol. The van der Waals surface area contributed by atoms with Gasteiger partial charge in [-0.1, -0.05) is 12.1 Å². The molecule has 1 aromatic rings. The Balaban J connectivity index is 2.06. The lowest BCUT2D eigenvalue weighted by Gasteiger charge is -2.31. The van der Waals surface area contributed by atoms with Gasteiger partial charge in [0.2, 0.25) is 0 Å². The highest BCUT2D eigenvalue weighted by molar-refractivity contribution is 7.91. The second-order valence-electron chi connectivity index (χ2n) is 6.71. The number of amides is 2. The smallest absolute Gasteiger partial charge is 0.271 e. The van der Waals surface area contributed by atoms with Gasteiger partial charge in [-0.15, -0.1) is 0 Å². The summed E-state index contributed by atoms with van der Waals surface area (Å²) in [6.07, 6.45) is 1.78. The number of benzene rings is 1. The zero-order valence-corrected chi connectivity index (χ0v) is 16.5. The standard InChI is InChI=1S/C20H20N2O5S/c1-3-27-16-6-4-5-14(9-16)10-17-13(2)18(11-21)20(24)22(19(17)23)15-7-8-28(25,26)12-15/h4-6,9-10,15H,3,7-8,12H2,1-2H3. The van der Waals surface area contributed by atoms with Crippen molar-refractivity contribution in [1.29, 1.82) is 5.26 Å². The van der Waals surface area contributed by atoms with E-state index in [1.165, 1.54) is 0 Å². The Morgan fingerprint density at radius 1 is 1.32 bits per heavy atom. The highest BCUT2D eigenvalue weighted by atomic mass is 32.2. The van der Waals surface area contributed by atoms with Crippen molar-refractivity contribution in [2.75, 3.05) is 18.1 Å². The van der Waals surface area contributed by atoms with Crippen LogP contribution >= 0.6 is 0 Å². The maximum atomic E-state index is 13.1. The molecule has 2 amide bonds. The molecule has 3 rings (SSSR count). The Morgan fingerprint density at radius 2 is 2.07 bits per heavy atom. The van der Waals surface area contributed by atoms with Crippen LogP contribution in [0.15, 0.2) is 41.0 Å². The van der Waals surface area contributed by atoms with Crippen molar-refractivity contribution in [1.82, 2.24) is 4.90 Å². The molecule has 0 saturated carbocycles. The van der Waals surface area contributed by atoms with E-state index in [1.54, 1.807) is 37.3 Å². The lowest BCUT2D eigenvalue weighted by Crippen LogP contribution is -2.49. The number of nitrogens with zero attached hydrogens (tertiary/aromatic N) is 2. The molecule has 2 aliphatic rings. The van der Waals surface area contributed by atoms with Crippen LogP contribution in [0, 0.1) is 11.3 Å². The van der Waals surface area contributed by atoms with Crippen molar-refractivity contribution in [3.05, 3.63) is 46.5 Å². The molecule has 28 heavy (non-hydrogen) atoms. The average Bonchev–Trinajstić information content (AvgIpc) is 2.99. The summed E-state index contributed by atoms with van der Waals surface area (Å²) in [4.78, 5) is 26.7. The van der Waals surface area contributed by atoms with E-state index in [9.17, 15) is 23.3 Å². The first-order valence-corrected chi connectivity index (χ1v) is 10.7. The first kappa shape index (κ1) is 19.8. The number of rotatable bonds is 4. The molecule has 1 fully saturated rings. The highest BCUT2D eigenvalue weighted by Crippen LogP contribution is 2.31. The molecule has 2 aliphatic heterocycles. The van der Waals surface area contributed by atoms with Crippen molar-refractivity contribution in [3.63, 3.8) is 0 Å². The van der Waals surface area contributed by atoms with E-state index in [-0.39, 0.29) is 34.6 Å². The molecule has 0 bridgehead atoms. The Morgan fingerprint density at radius 3 is 2.68 bits per heavy atom. The molecule has 0 spiro atoms. The number of ether oxygens (including phenoxy) is 1. The van der Waals surface area contributed by atoms with E-state index in [1.807, 2.05) is 13.0 Å².